The van der Waals surface area contributed by atoms with Gasteiger partial charge in [-0.2, -0.15) is 0 Å². The van der Waals surface area contributed by atoms with Crippen molar-refractivity contribution in [2.24, 2.45) is 21.8 Å². The molecule has 0 radical (unpaired) electrons. The molecule has 0 saturated heterocycles. The van der Waals surface area contributed by atoms with Crippen LogP contribution in [0.3, 0.4) is 0 Å². The van der Waals surface area contributed by atoms with Crippen molar-refractivity contribution in [3.63, 3.8) is 0 Å². The maximum Gasteiger partial charge on any atom is 0.102 e. The smallest absolute Gasteiger partial charge is 0.102 e. The van der Waals surface area contributed by atoms with Crippen molar-refractivity contribution in [3.8, 4) is 0 Å². The van der Waals surface area contributed by atoms with E-state index in [9.17, 15) is 0 Å². The van der Waals surface area contributed by atoms with Crippen LogP contribution < -0.4 is 5.32 Å². The van der Waals surface area contributed by atoms with E-state index in [1.165, 1.54) is 28.4 Å². The van der Waals surface area contributed by atoms with E-state index >= 15 is 0 Å². The van der Waals surface area contributed by atoms with Gasteiger partial charge in [-0.15, -0.1) is 0 Å². The van der Waals surface area contributed by atoms with Crippen LogP contribution in [0, 0.1) is 11.8 Å². The van der Waals surface area contributed by atoms with Crippen molar-refractivity contribution in [1.82, 2.24) is 10.2 Å². The zero-order chi connectivity index (χ0) is 20.8. The molecule has 0 saturated carbocycles. The van der Waals surface area contributed by atoms with Gasteiger partial charge < -0.3 is 10.2 Å². The van der Waals surface area contributed by atoms with E-state index in [4.69, 9.17) is 4.99 Å². The number of amidine groups is 2. The summed E-state index contributed by atoms with van der Waals surface area (Å²) in [5.74, 6) is 3.33. The minimum absolute atomic E-state index is 0.432. The fraction of sp³-hybridized carbons (Fsp3) is 0.462. The molecule has 4 rings (SSSR count). The lowest BCUT2D eigenvalue weighted by molar-refractivity contribution is 0.437. The first-order chi connectivity index (χ1) is 14.7. The molecule has 2 atom stereocenters. The van der Waals surface area contributed by atoms with Crippen LogP contribution in [-0.4, -0.2) is 49.3 Å². The van der Waals surface area contributed by atoms with E-state index in [-0.39, 0.29) is 0 Å². The highest BCUT2D eigenvalue weighted by Crippen LogP contribution is 2.22. The van der Waals surface area contributed by atoms with E-state index in [0.717, 1.165) is 52.0 Å². The Balaban J connectivity index is 1.38. The van der Waals surface area contributed by atoms with Crippen LogP contribution >= 0.6 is 0 Å². The highest BCUT2D eigenvalue weighted by Gasteiger charge is 2.23. The molecule has 0 fully saturated rings. The molecule has 2 aromatic rings. The Bertz CT molecular complexity index is 887. The molecule has 2 heterocycles. The van der Waals surface area contributed by atoms with Crippen LogP contribution in [0.25, 0.3) is 0 Å². The number of nitrogens with zero attached hydrogens (tertiary/aromatic N) is 3. The molecule has 0 bridgehead atoms. The van der Waals surface area contributed by atoms with E-state index in [0.29, 0.717) is 11.8 Å². The fourth-order valence-corrected chi connectivity index (χ4v) is 4.65. The number of aliphatic imine (C=N–C) groups is 2. The average molecular weight is 403 g/mol. The van der Waals surface area contributed by atoms with Crippen molar-refractivity contribution in [1.29, 1.82) is 0 Å². The number of nitrogens with one attached hydrogen (secondary N) is 1. The molecule has 1 N–H and O–H groups in total. The quantitative estimate of drug-likeness (QED) is 0.689. The van der Waals surface area contributed by atoms with E-state index < -0.39 is 0 Å². The third-order valence-electron chi connectivity index (χ3n) is 6.26. The summed E-state index contributed by atoms with van der Waals surface area (Å²) < 4.78 is 0. The molecule has 2 aliphatic rings. The SMILES string of the molecule is CC(Cc1ccccc1C[C@H](C)C1=NCCN1)C1=NCCN1CCc1ccccc1. The molecule has 2 aliphatic heterocycles. The predicted molar refractivity (Wildman–Crippen MR) is 127 cm³/mol. The summed E-state index contributed by atoms with van der Waals surface area (Å²) >= 11 is 0. The Morgan fingerprint density at radius 3 is 2.27 bits per heavy atom. The van der Waals surface area contributed by atoms with Crippen molar-refractivity contribution >= 4 is 11.7 Å². The summed E-state index contributed by atoms with van der Waals surface area (Å²) in [7, 11) is 0. The van der Waals surface area contributed by atoms with Gasteiger partial charge in [-0.05, 0) is 36.0 Å². The van der Waals surface area contributed by atoms with Gasteiger partial charge in [0.05, 0.1) is 18.9 Å². The average Bonchev–Trinajstić information content (AvgIpc) is 3.46. The lowest BCUT2D eigenvalue weighted by atomic mass is 9.90. The zero-order valence-corrected chi connectivity index (χ0v) is 18.3. The third kappa shape index (κ3) is 5.10. The van der Waals surface area contributed by atoms with E-state index in [1.807, 2.05) is 0 Å². The highest BCUT2D eigenvalue weighted by atomic mass is 15.2. The Labute approximate surface area is 181 Å². The van der Waals surface area contributed by atoms with Crippen molar-refractivity contribution in [2.75, 3.05) is 32.7 Å². The summed E-state index contributed by atoms with van der Waals surface area (Å²) in [4.78, 5) is 12.0. The van der Waals surface area contributed by atoms with Gasteiger partial charge in [-0.25, -0.2) is 0 Å². The first-order valence-electron chi connectivity index (χ1n) is 11.4. The van der Waals surface area contributed by atoms with Crippen LogP contribution in [0.1, 0.15) is 30.5 Å². The molecule has 2 aromatic carbocycles. The van der Waals surface area contributed by atoms with Gasteiger partial charge in [0.15, 0.2) is 0 Å². The van der Waals surface area contributed by atoms with Gasteiger partial charge in [0, 0.05) is 31.5 Å². The summed E-state index contributed by atoms with van der Waals surface area (Å²) in [6, 6.07) is 19.7. The number of rotatable bonds is 9. The topological polar surface area (TPSA) is 40.0 Å². The van der Waals surface area contributed by atoms with Crippen LogP contribution in [-0.2, 0) is 19.3 Å². The molecule has 158 valence electrons. The molecule has 0 spiro atoms. The maximum atomic E-state index is 4.89. The Hall–Kier alpha value is -2.62. The largest absolute Gasteiger partial charge is 0.372 e. The minimum Gasteiger partial charge on any atom is -0.372 e. The van der Waals surface area contributed by atoms with Gasteiger partial charge in [0.25, 0.3) is 0 Å². The number of hydrogen-bond acceptors (Lipinski definition) is 4. The van der Waals surface area contributed by atoms with Gasteiger partial charge >= 0.3 is 0 Å². The standard InChI is InChI=1S/C26H34N4/c1-20(25-27-13-14-28-25)18-23-10-6-7-11-24(23)19-21(2)26-29-15-17-30(26)16-12-22-8-4-3-5-9-22/h3-11,20-21H,12-19H2,1-2H3,(H,27,28)/t20-,21?/m0/s1. The first kappa shape index (κ1) is 20.6. The molecule has 30 heavy (non-hydrogen) atoms. The van der Waals surface area contributed by atoms with Crippen LogP contribution in [0.4, 0.5) is 0 Å². The molecular weight excluding hydrogens is 368 g/mol. The predicted octanol–water partition coefficient (Wildman–Crippen LogP) is 4.00. The highest BCUT2D eigenvalue weighted by molar-refractivity contribution is 5.86. The van der Waals surface area contributed by atoms with Crippen LogP contribution in [0.15, 0.2) is 64.6 Å². The molecular formula is C26H34N4. The van der Waals surface area contributed by atoms with Gasteiger partial charge in [0.2, 0.25) is 0 Å². The normalized spacial score (nSPS) is 18.0. The second kappa shape index (κ2) is 9.92. The molecule has 1 unspecified atom stereocenters. The Morgan fingerprint density at radius 2 is 1.57 bits per heavy atom. The zero-order valence-electron chi connectivity index (χ0n) is 18.3. The molecule has 0 amide bonds. The Kier molecular flexibility index (Phi) is 6.83. The van der Waals surface area contributed by atoms with Crippen molar-refractivity contribution < 1.29 is 0 Å². The summed E-state index contributed by atoms with van der Waals surface area (Å²) in [6.07, 6.45) is 3.16. The molecule has 0 aromatic heterocycles. The lowest BCUT2D eigenvalue weighted by Crippen LogP contribution is -2.34. The second-order valence-corrected chi connectivity index (χ2v) is 8.64. The minimum atomic E-state index is 0.432. The Morgan fingerprint density at radius 1 is 0.867 bits per heavy atom. The summed E-state index contributed by atoms with van der Waals surface area (Å²) in [5, 5.41) is 3.44. The summed E-state index contributed by atoms with van der Waals surface area (Å²) in [6.45, 7) is 9.55. The van der Waals surface area contributed by atoms with Gasteiger partial charge in [-0.1, -0.05) is 68.4 Å². The van der Waals surface area contributed by atoms with E-state index in [2.05, 4.69) is 83.7 Å². The van der Waals surface area contributed by atoms with Crippen LogP contribution in [0.2, 0.25) is 0 Å². The third-order valence-corrected chi connectivity index (χ3v) is 6.26. The lowest BCUT2D eigenvalue weighted by Gasteiger charge is -2.25. The molecule has 4 heteroatoms. The monoisotopic (exact) mass is 402 g/mol. The maximum absolute atomic E-state index is 4.89. The molecule has 0 aliphatic carbocycles. The van der Waals surface area contributed by atoms with E-state index in [1.54, 1.807) is 0 Å². The second-order valence-electron chi connectivity index (χ2n) is 8.64. The van der Waals surface area contributed by atoms with Gasteiger partial charge in [-0.3, -0.25) is 9.98 Å². The number of benzene rings is 2. The van der Waals surface area contributed by atoms with Crippen molar-refractivity contribution in [2.45, 2.75) is 33.1 Å². The van der Waals surface area contributed by atoms with Crippen LogP contribution in [0.5, 0.6) is 0 Å². The number of hydrogen-bond donors (Lipinski definition) is 1. The first-order valence-corrected chi connectivity index (χ1v) is 11.4. The van der Waals surface area contributed by atoms with Crippen molar-refractivity contribution in [3.05, 3.63) is 71.3 Å². The molecule has 4 nitrogen and oxygen atoms in total. The van der Waals surface area contributed by atoms with Gasteiger partial charge in [0.1, 0.15) is 5.84 Å². The fourth-order valence-electron chi connectivity index (χ4n) is 4.65. The summed E-state index contributed by atoms with van der Waals surface area (Å²) in [5.41, 5.74) is 4.30.